The van der Waals surface area contributed by atoms with Crippen molar-refractivity contribution in [1.82, 2.24) is 24.6 Å². The summed E-state index contributed by atoms with van der Waals surface area (Å²) in [5.41, 5.74) is 0.550. The monoisotopic (exact) mass is 374 g/mol. The molecule has 3 rings (SSSR count). The van der Waals surface area contributed by atoms with Crippen LogP contribution in [0.5, 0.6) is 0 Å². The van der Waals surface area contributed by atoms with Crippen molar-refractivity contribution < 1.29 is 13.2 Å². The summed E-state index contributed by atoms with van der Waals surface area (Å²) in [5.74, 6) is -0.266. The zero-order chi connectivity index (χ0) is 18.9. The van der Waals surface area contributed by atoms with Crippen molar-refractivity contribution in [3.05, 3.63) is 41.7 Å². The van der Waals surface area contributed by atoms with Crippen LogP contribution in [-0.2, 0) is 10.0 Å². The van der Waals surface area contributed by atoms with Crippen molar-refractivity contribution in [2.45, 2.75) is 30.8 Å². The van der Waals surface area contributed by atoms with E-state index in [0.29, 0.717) is 0 Å². The van der Waals surface area contributed by atoms with Crippen molar-refractivity contribution in [1.29, 1.82) is 5.26 Å². The predicted octanol–water partition coefficient (Wildman–Crippen LogP) is 0.600. The van der Waals surface area contributed by atoms with Crippen LogP contribution < -0.4 is 0 Å². The molecule has 0 radical (unpaired) electrons. The van der Waals surface area contributed by atoms with Gasteiger partial charge in [-0.2, -0.15) is 9.57 Å². The molecular formula is C16H18N6O3S. The molecular weight excluding hydrogens is 356 g/mol. The molecule has 1 aromatic heterocycles. The molecule has 10 heteroatoms. The quantitative estimate of drug-likeness (QED) is 0.839. The highest BCUT2D eigenvalue weighted by atomic mass is 32.2. The van der Waals surface area contributed by atoms with E-state index >= 15 is 0 Å². The highest BCUT2D eigenvalue weighted by molar-refractivity contribution is 7.89. The second-order valence-corrected chi connectivity index (χ2v) is 8.13. The van der Waals surface area contributed by atoms with Crippen LogP contribution in [-0.4, -0.2) is 64.1 Å². The Kier molecular flexibility index (Phi) is 4.76. The average molecular weight is 374 g/mol. The number of nitrogens with zero attached hydrogens (tertiary/aromatic N) is 5. The third-order valence-corrected chi connectivity index (χ3v) is 6.38. The molecule has 2 heterocycles. The Labute approximate surface area is 151 Å². The summed E-state index contributed by atoms with van der Waals surface area (Å²) in [5, 5.41) is 18.7. The molecule has 0 saturated carbocycles. The first-order valence-corrected chi connectivity index (χ1v) is 9.47. The number of hydrogen-bond donors (Lipinski definition) is 1. The number of sulfonamides is 1. The third kappa shape index (κ3) is 3.18. The van der Waals surface area contributed by atoms with Crippen molar-refractivity contribution in [2.75, 3.05) is 13.1 Å². The molecule has 1 aliphatic heterocycles. The first-order chi connectivity index (χ1) is 12.3. The number of benzene rings is 1. The van der Waals surface area contributed by atoms with Gasteiger partial charge < -0.3 is 4.90 Å². The van der Waals surface area contributed by atoms with E-state index < -0.39 is 16.1 Å². The van der Waals surface area contributed by atoms with E-state index in [-0.39, 0.29) is 41.2 Å². The van der Waals surface area contributed by atoms with Gasteiger partial charge in [0.05, 0.1) is 22.7 Å². The van der Waals surface area contributed by atoms with Crippen molar-refractivity contribution in [2.24, 2.45) is 0 Å². The number of amides is 1. The van der Waals surface area contributed by atoms with Crippen molar-refractivity contribution >= 4 is 15.9 Å². The second kappa shape index (κ2) is 6.86. The fraction of sp³-hybridized carbons (Fsp3) is 0.375. The zero-order valence-corrected chi connectivity index (χ0v) is 15.1. The molecule has 0 unspecified atom stereocenters. The van der Waals surface area contributed by atoms with Crippen LogP contribution in [0.15, 0.2) is 35.4 Å². The van der Waals surface area contributed by atoms with Crippen LogP contribution in [0.3, 0.4) is 0 Å². The van der Waals surface area contributed by atoms with E-state index in [1.165, 1.54) is 22.6 Å². The van der Waals surface area contributed by atoms with Gasteiger partial charge in [-0.25, -0.2) is 8.42 Å². The number of nitrogens with one attached hydrogen (secondary N) is 1. The molecule has 1 amide bonds. The molecule has 1 aromatic carbocycles. The van der Waals surface area contributed by atoms with E-state index in [1.54, 1.807) is 30.9 Å². The number of rotatable bonds is 3. The Morgan fingerprint density at radius 2 is 2.08 bits per heavy atom. The largest absolute Gasteiger partial charge is 0.332 e. The standard InChI is InChI=1S/C16H18N6O3S/c1-11-10-22(26(24,25)14-5-3-4-13(6-14)7-17)12(2)9-21(11)16(23)15-8-18-20-19-15/h3-6,8,11-12H,9-10H2,1-2H3,(H,18,19,20)/t11-,12+/m0/s1. The van der Waals surface area contributed by atoms with E-state index in [9.17, 15) is 13.2 Å². The number of hydrogen-bond acceptors (Lipinski definition) is 6. The molecule has 26 heavy (non-hydrogen) atoms. The smallest absolute Gasteiger partial charge is 0.273 e. The lowest BCUT2D eigenvalue weighted by Crippen LogP contribution is -2.59. The molecule has 0 bridgehead atoms. The Bertz CT molecular complexity index is 951. The SMILES string of the molecule is C[C@@H]1CN(C(=O)c2cnn[nH]2)[C@@H](C)CN1S(=O)(=O)c1cccc(C#N)c1. The summed E-state index contributed by atoms with van der Waals surface area (Å²) >= 11 is 0. The van der Waals surface area contributed by atoms with Gasteiger partial charge in [-0.05, 0) is 32.0 Å². The van der Waals surface area contributed by atoms with E-state index in [1.807, 2.05) is 6.07 Å². The van der Waals surface area contributed by atoms with Gasteiger partial charge in [0, 0.05) is 25.2 Å². The van der Waals surface area contributed by atoms with Gasteiger partial charge >= 0.3 is 0 Å². The van der Waals surface area contributed by atoms with Gasteiger partial charge in [-0.15, -0.1) is 5.10 Å². The molecule has 0 spiro atoms. The topological polar surface area (TPSA) is 123 Å². The number of piperazine rings is 1. The minimum Gasteiger partial charge on any atom is -0.332 e. The maximum Gasteiger partial charge on any atom is 0.273 e. The van der Waals surface area contributed by atoms with Gasteiger partial charge in [0.15, 0.2) is 0 Å². The molecule has 2 atom stereocenters. The summed E-state index contributed by atoms with van der Waals surface area (Å²) in [6, 6.07) is 7.15. The minimum absolute atomic E-state index is 0.0770. The summed E-state index contributed by atoms with van der Waals surface area (Å²) in [6.45, 7) is 3.95. The van der Waals surface area contributed by atoms with Crippen LogP contribution in [0.25, 0.3) is 0 Å². The molecule has 1 saturated heterocycles. The number of H-pyrrole nitrogens is 1. The number of carbonyl (C=O) groups is 1. The maximum absolute atomic E-state index is 13.0. The highest BCUT2D eigenvalue weighted by Gasteiger charge is 2.39. The number of nitriles is 1. The van der Waals surface area contributed by atoms with Crippen molar-refractivity contribution in [3.63, 3.8) is 0 Å². The summed E-state index contributed by atoms with van der Waals surface area (Å²) in [6.07, 6.45) is 1.34. The minimum atomic E-state index is -3.77. The molecule has 1 fully saturated rings. The highest BCUT2D eigenvalue weighted by Crippen LogP contribution is 2.25. The zero-order valence-electron chi connectivity index (χ0n) is 14.3. The number of carbonyl (C=O) groups excluding carboxylic acids is 1. The lowest BCUT2D eigenvalue weighted by atomic mass is 10.1. The van der Waals surface area contributed by atoms with Crippen LogP contribution in [0, 0.1) is 11.3 Å². The molecule has 0 aliphatic carbocycles. The van der Waals surface area contributed by atoms with E-state index in [0.717, 1.165) is 0 Å². The molecule has 9 nitrogen and oxygen atoms in total. The van der Waals surface area contributed by atoms with Gasteiger partial charge in [0.1, 0.15) is 5.69 Å². The maximum atomic E-state index is 13.0. The Morgan fingerprint density at radius 3 is 2.73 bits per heavy atom. The van der Waals surface area contributed by atoms with Gasteiger partial charge in [0.2, 0.25) is 10.0 Å². The predicted molar refractivity (Wildman–Crippen MR) is 91.4 cm³/mol. The summed E-state index contributed by atoms with van der Waals surface area (Å²) in [4.78, 5) is 14.2. The first-order valence-electron chi connectivity index (χ1n) is 8.03. The second-order valence-electron chi connectivity index (χ2n) is 6.24. The van der Waals surface area contributed by atoms with Crippen LogP contribution in [0.4, 0.5) is 0 Å². The fourth-order valence-corrected chi connectivity index (χ4v) is 4.78. The van der Waals surface area contributed by atoms with Crippen LogP contribution >= 0.6 is 0 Å². The van der Waals surface area contributed by atoms with Gasteiger partial charge in [-0.3, -0.25) is 9.89 Å². The average Bonchev–Trinajstić information content (AvgIpc) is 3.17. The molecule has 136 valence electrons. The molecule has 1 N–H and O–H groups in total. The van der Waals surface area contributed by atoms with E-state index in [4.69, 9.17) is 5.26 Å². The van der Waals surface area contributed by atoms with Crippen LogP contribution in [0.2, 0.25) is 0 Å². The molecule has 2 aromatic rings. The lowest BCUT2D eigenvalue weighted by molar-refractivity contribution is 0.0501. The first kappa shape index (κ1) is 18.0. The number of aromatic amines is 1. The molecule has 1 aliphatic rings. The Hall–Kier alpha value is -2.77. The Balaban J connectivity index is 1.85. The Morgan fingerprint density at radius 1 is 1.31 bits per heavy atom. The van der Waals surface area contributed by atoms with Gasteiger partial charge in [0.25, 0.3) is 5.91 Å². The van der Waals surface area contributed by atoms with Crippen molar-refractivity contribution in [3.8, 4) is 6.07 Å². The van der Waals surface area contributed by atoms with Crippen LogP contribution in [0.1, 0.15) is 29.9 Å². The fourth-order valence-electron chi connectivity index (χ4n) is 3.03. The number of aromatic nitrogens is 3. The summed E-state index contributed by atoms with van der Waals surface area (Å²) < 4.78 is 27.4. The third-order valence-electron chi connectivity index (χ3n) is 4.40. The lowest BCUT2D eigenvalue weighted by Gasteiger charge is -2.43. The summed E-state index contributed by atoms with van der Waals surface area (Å²) in [7, 11) is -3.77. The normalized spacial score (nSPS) is 21.3. The van der Waals surface area contributed by atoms with E-state index in [2.05, 4.69) is 15.4 Å². The van der Waals surface area contributed by atoms with Gasteiger partial charge in [-0.1, -0.05) is 11.3 Å².